The highest BCUT2D eigenvalue weighted by Gasteiger charge is 2.06. The lowest BCUT2D eigenvalue weighted by Gasteiger charge is -2.03. The first kappa shape index (κ1) is 13.3. The second kappa shape index (κ2) is 5.25. The minimum atomic E-state index is -3.31. The molecule has 0 aliphatic rings. The van der Waals surface area contributed by atoms with E-state index in [0.29, 0.717) is 0 Å². The van der Waals surface area contributed by atoms with Crippen molar-refractivity contribution in [2.24, 2.45) is 0 Å². The highest BCUT2D eigenvalue weighted by Crippen LogP contribution is 1.89. The van der Waals surface area contributed by atoms with Crippen molar-refractivity contribution >= 4 is 36.0 Å². The first-order valence-corrected chi connectivity index (χ1v) is 7.91. The van der Waals surface area contributed by atoms with E-state index in [1.165, 1.54) is 0 Å². The molecule has 2 N–H and O–H groups in total. The molecule has 9 heteroatoms. The van der Waals surface area contributed by atoms with Crippen LogP contribution in [0.1, 0.15) is 0 Å². The second-order valence-electron chi connectivity index (χ2n) is 2.28. The fourth-order valence-corrected chi connectivity index (χ4v) is 1.93. The Balaban J connectivity index is 3.71. The van der Waals surface area contributed by atoms with Gasteiger partial charge in [0.25, 0.3) is 0 Å². The van der Waals surface area contributed by atoms with Crippen molar-refractivity contribution in [3.63, 3.8) is 0 Å². The zero-order valence-electron chi connectivity index (χ0n) is 6.95. The molecule has 0 heterocycles. The van der Waals surface area contributed by atoms with Gasteiger partial charge in [-0.25, -0.2) is 26.3 Å². The SMILES string of the molecule is CS(=O)(=O)NCCNS(=O)(=O)CBr. The standard InChI is InChI=1S/C4H11BrN2O4S2/c1-12(8,9)6-2-3-7-13(10,11)4-5/h6-7H,2-4H2,1H3. The molecule has 0 aromatic heterocycles. The van der Waals surface area contributed by atoms with Crippen LogP contribution in [0, 0.1) is 0 Å². The number of alkyl halides is 1. The second-order valence-corrected chi connectivity index (χ2v) is 7.23. The number of hydrogen-bond acceptors (Lipinski definition) is 4. The summed E-state index contributed by atoms with van der Waals surface area (Å²) in [5.74, 6) is 0. The van der Waals surface area contributed by atoms with E-state index >= 15 is 0 Å². The van der Waals surface area contributed by atoms with Gasteiger partial charge in [-0.1, -0.05) is 15.9 Å². The Kier molecular flexibility index (Phi) is 5.37. The average molecular weight is 295 g/mol. The Hall–Kier alpha value is 0.300. The summed E-state index contributed by atoms with van der Waals surface area (Å²) in [6.45, 7) is 0.0894. The number of sulfonamides is 2. The monoisotopic (exact) mass is 294 g/mol. The first-order valence-electron chi connectivity index (χ1n) is 3.25. The maximum Gasteiger partial charge on any atom is 0.221 e. The van der Waals surface area contributed by atoms with Crippen molar-refractivity contribution in [1.29, 1.82) is 0 Å². The number of hydrogen-bond donors (Lipinski definition) is 2. The van der Waals surface area contributed by atoms with Crippen LogP contribution in [0.2, 0.25) is 0 Å². The fraction of sp³-hybridized carbons (Fsp3) is 1.00. The number of halogens is 1. The van der Waals surface area contributed by atoms with Gasteiger partial charge < -0.3 is 0 Å². The van der Waals surface area contributed by atoms with Crippen molar-refractivity contribution in [3.8, 4) is 0 Å². The van der Waals surface area contributed by atoms with Gasteiger partial charge in [0.1, 0.15) is 4.66 Å². The molecule has 0 aromatic carbocycles. The summed E-state index contributed by atoms with van der Waals surface area (Å²) >= 11 is 2.77. The summed E-state index contributed by atoms with van der Waals surface area (Å²) in [7, 11) is -6.55. The largest absolute Gasteiger partial charge is 0.221 e. The molecule has 0 unspecified atom stereocenters. The predicted molar refractivity (Wildman–Crippen MR) is 53.6 cm³/mol. The maximum atomic E-state index is 10.8. The smallest absolute Gasteiger partial charge is 0.214 e. The molecule has 0 fully saturated rings. The van der Waals surface area contributed by atoms with Crippen LogP contribution in [0.3, 0.4) is 0 Å². The van der Waals surface area contributed by atoms with Gasteiger partial charge in [0.2, 0.25) is 20.0 Å². The molecule has 0 aliphatic carbocycles. The lowest BCUT2D eigenvalue weighted by atomic mass is 10.7. The topological polar surface area (TPSA) is 92.3 Å². The molecule has 0 radical (unpaired) electrons. The van der Waals surface area contributed by atoms with Gasteiger partial charge in [-0.05, 0) is 0 Å². The Morgan fingerprint density at radius 2 is 1.54 bits per heavy atom. The maximum absolute atomic E-state index is 10.8. The quantitative estimate of drug-likeness (QED) is 0.476. The summed E-state index contributed by atoms with van der Waals surface area (Å²) in [5.41, 5.74) is 0. The zero-order chi connectivity index (χ0) is 10.5. The van der Waals surface area contributed by atoms with E-state index in [1.54, 1.807) is 0 Å². The molecule has 0 amide bonds. The van der Waals surface area contributed by atoms with Gasteiger partial charge in [-0.2, -0.15) is 0 Å². The van der Waals surface area contributed by atoms with Crippen LogP contribution in [-0.4, -0.2) is 40.8 Å². The van der Waals surface area contributed by atoms with Crippen LogP contribution in [0.25, 0.3) is 0 Å². The molecule has 0 saturated carbocycles. The Morgan fingerprint density at radius 1 is 1.08 bits per heavy atom. The fourth-order valence-electron chi connectivity index (χ4n) is 0.482. The molecule has 0 aromatic rings. The molecule has 0 bridgehead atoms. The molecule has 0 aliphatic heterocycles. The van der Waals surface area contributed by atoms with E-state index in [1.807, 2.05) is 0 Å². The lowest BCUT2D eigenvalue weighted by Crippen LogP contribution is -2.34. The van der Waals surface area contributed by atoms with Gasteiger partial charge in [-0.3, -0.25) is 0 Å². The van der Waals surface area contributed by atoms with Gasteiger partial charge in [0, 0.05) is 13.1 Å². The van der Waals surface area contributed by atoms with E-state index in [9.17, 15) is 16.8 Å². The summed E-state index contributed by atoms with van der Waals surface area (Å²) in [4.78, 5) is 0. The van der Waals surface area contributed by atoms with Crippen LogP contribution < -0.4 is 9.44 Å². The molecule has 6 nitrogen and oxygen atoms in total. The molecule has 0 atom stereocenters. The highest BCUT2D eigenvalue weighted by atomic mass is 79.9. The van der Waals surface area contributed by atoms with E-state index in [4.69, 9.17) is 0 Å². The number of nitrogens with one attached hydrogen (secondary N) is 2. The van der Waals surface area contributed by atoms with Crippen LogP contribution in [0.5, 0.6) is 0 Å². The lowest BCUT2D eigenvalue weighted by molar-refractivity contribution is 0.576. The van der Waals surface area contributed by atoms with Crippen LogP contribution >= 0.6 is 15.9 Å². The molecular formula is C4H11BrN2O4S2. The molecule has 13 heavy (non-hydrogen) atoms. The van der Waals surface area contributed by atoms with Gasteiger partial charge in [-0.15, -0.1) is 0 Å². The van der Waals surface area contributed by atoms with E-state index < -0.39 is 20.0 Å². The number of rotatable bonds is 6. The van der Waals surface area contributed by atoms with Crippen molar-refractivity contribution in [3.05, 3.63) is 0 Å². The van der Waals surface area contributed by atoms with E-state index in [0.717, 1.165) is 6.26 Å². The van der Waals surface area contributed by atoms with Crippen LogP contribution in [0.15, 0.2) is 0 Å². The van der Waals surface area contributed by atoms with Crippen molar-refractivity contribution in [2.75, 3.05) is 24.0 Å². The minimum Gasteiger partial charge on any atom is -0.214 e. The highest BCUT2D eigenvalue weighted by molar-refractivity contribution is 9.10. The average Bonchev–Trinajstić information content (AvgIpc) is 1.97. The summed E-state index contributed by atoms with van der Waals surface area (Å²) < 4.78 is 46.8. The minimum absolute atomic E-state index is 0.0427. The summed E-state index contributed by atoms with van der Waals surface area (Å²) in [6.07, 6.45) is 1.01. The first-order chi connectivity index (χ1) is 5.77. The Bertz CT molecular complexity index is 335. The van der Waals surface area contributed by atoms with Crippen molar-refractivity contribution < 1.29 is 16.8 Å². The molecule has 0 rings (SSSR count). The van der Waals surface area contributed by atoms with Gasteiger partial charge in [0.15, 0.2) is 0 Å². The molecule has 0 spiro atoms. The van der Waals surface area contributed by atoms with Gasteiger partial charge in [0.05, 0.1) is 6.26 Å². The normalized spacial score (nSPS) is 13.1. The van der Waals surface area contributed by atoms with Gasteiger partial charge >= 0.3 is 0 Å². The molecular weight excluding hydrogens is 284 g/mol. The van der Waals surface area contributed by atoms with E-state index in [2.05, 4.69) is 25.4 Å². The van der Waals surface area contributed by atoms with Crippen molar-refractivity contribution in [1.82, 2.24) is 9.44 Å². The summed E-state index contributed by atoms with van der Waals surface area (Å²) in [5, 5.41) is 0. The Morgan fingerprint density at radius 3 is 1.92 bits per heavy atom. The third-order valence-corrected chi connectivity index (χ3v) is 4.42. The third-order valence-electron chi connectivity index (χ3n) is 0.955. The summed E-state index contributed by atoms with van der Waals surface area (Å²) in [6, 6.07) is 0. The van der Waals surface area contributed by atoms with Crippen LogP contribution in [0.4, 0.5) is 0 Å². The Labute approximate surface area is 86.3 Å². The molecule has 0 saturated heterocycles. The predicted octanol–water partition coefficient (Wildman–Crippen LogP) is -1.19. The van der Waals surface area contributed by atoms with Crippen LogP contribution in [-0.2, 0) is 20.0 Å². The third kappa shape index (κ3) is 8.63. The van der Waals surface area contributed by atoms with Crippen molar-refractivity contribution in [2.45, 2.75) is 0 Å². The molecule has 80 valence electrons. The zero-order valence-corrected chi connectivity index (χ0v) is 10.2. The van der Waals surface area contributed by atoms with E-state index in [-0.39, 0.29) is 17.8 Å².